The first-order chi connectivity index (χ1) is 16.6. The summed E-state index contributed by atoms with van der Waals surface area (Å²) in [6.07, 6.45) is 0.479. The van der Waals surface area contributed by atoms with Gasteiger partial charge in [-0.05, 0) is 64.6 Å². The van der Waals surface area contributed by atoms with Crippen molar-refractivity contribution < 1.29 is 26.5 Å². The molecule has 2 aromatic heterocycles. The first kappa shape index (κ1) is 23.2. The number of pyridine rings is 1. The van der Waals surface area contributed by atoms with Gasteiger partial charge in [0.05, 0.1) is 23.5 Å². The van der Waals surface area contributed by atoms with Crippen molar-refractivity contribution in [2.45, 2.75) is 24.4 Å². The maximum atomic E-state index is 13.5. The fourth-order valence-corrected chi connectivity index (χ4v) is 6.14. The molecule has 0 radical (unpaired) electrons. The second kappa shape index (κ2) is 8.31. The lowest BCUT2D eigenvalue weighted by Crippen LogP contribution is -2.34. The lowest BCUT2D eigenvalue weighted by atomic mass is 9.80. The number of alkyl halides is 3. The van der Waals surface area contributed by atoms with E-state index in [1.165, 1.54) is 22.5 Å². The van der Waals surface area contributed by atoms with Crippen LogP contribution in [0.3, 0.4) is 0 Å². The van der Waals surface area contributed by atoms with Gasteiger partial charge in [-0.1, -0.05) is 18.2 Å². The number of H-pyrrole nitrogens is 1. The Morgan fingerprint density at radius 2 is 1.91 bits per heavy atom. The Balaban J connectivity index is 1.41. The summed E-state index contributed by atoms with van der Waals surface area (Å²) < 4.78 is 69.1. The van der Waals surface area contributed by atoms with Crippen LogP contribution in [0.25, 0.3) is 17.0 Å². The van der Waals surface area contributed by atoms with Crippen LogP contribution in [0, 0.1) is 11.8 Å². The summed E-state index contributed by atoms with van der Waals surface area (Å²) in [5.41, 5.74) is 1.64. The van der Waals surface area contributed by atoms with E-state index in [-0.39, 0.29) is 22.6 Å². The smallest absolute Gasteiger partial charge is 0.296 e. The first-order valence-corrected chi connectivity index (χ1v) is 12.2. The highest BCUT2D eigenvalue weighted by Gasteiger charge is 2.48. The fraction of sp³-hybridized carbons (Fsp3) is 0.261. The molecule has 2 aliphatic rings. The molecule has 3 unspecified atom stereocenters. The predicted molar refractivity (Wildman–Crippen MR) is 121 cm³/mol. The Morgan fingerprint density at radius 1 is 1.17 bits per heavy atom. The maximum absolute atomic E-state index is 13.5. The third kappa shape index (κ3) is 4.12. The number of rotatable bonds is 4. The number of aromatic nitrogens is 3. The molecule has 182 valence electrons. The van der Waals surface area contributed by atoms with E-state index < -0.39 is 27.9 Å². The molecular weight excluding hydrogens is 485 g/mol. The molecule has 1 fully saturated rings. The van der Waals surface area contributed by atoms with Crippen LogP contribution < -0.4 is 5.76 Å². The molecule has 3 aromatic rings. The standard InChI is InChI=1S/C23H19F3N4O4S/c1-13-17(19-8-4-15(12-27-19)23(24,25)26)7-9-20-18(13)10-11-30(20)35(32,33)16-5-2-14(3-6-16)21-28-22(31)34-29-21/h2-9,12-13,18H,10-11H2,1H3,(H-,28,29,31,32,33)/p+1. The molecule has 5 rings (SSSR count). The number of hydrogen-bond donors (Lipinski definition) is 2. The molecule has 0 saturated carbocycles. The number of benzene rings is 1. The Hall–Kier alpha value is -3.51. The van der Waals surface area contributed by atoms with E-state index in [2.05, 4.69) is 19.6 Å². The molecule has 12 heteroatoms. The Morgan fingerprint density at radius 3 is 2.51 bits per heavy atom. The molecule has 1 aromatic carbocycles. The van der Waals surface area contributed by atoms with Gasteiger partial charge in [0.1, 0.15) is 0 Å². The molecule has 0 amide bonds. The van der Waals surface area contributed by atoms with Crippen LogP contribution >= 0.6 is 0 Å². The highest BCUT2D eigenvalue weighted by Crippen LogP contribution is 2.46. The minimum atomic E-state index is -4.46. The third-order valence-corrected chi connectivity index (χ3v) is 8.28. The number of allylic oxidation sites excluding steroid dienone is 4. The summed E-state index contributed by atoms with van der Waals surface area (Å²) >= 11 is 0. The SMILES string of the molecule is CC1C(c2ccc(C(F)(F)F)cn2)=CC=C2C1CCN2[S+](=O)(O)c1ccc(-c2noc(=O)[nH]2)cc1. The minimum absolute atomic E-state index is 0.0773. The van der Waals surface area contributed by atoms with Crippen LogP contribution in [0.1, 0.15) is 24.6 Å². The van der Waals surface area contributed by atoms with Crippen molar-refractivity contribution >= 4 is 16.0 Å². The number of hydrogen-bond acceptors (Lipinski definition) is 5. The van der Waals surface area contributed by atoms with Gasteiger partial charge in [0.25, 0.3) is 0 Å². The van der Waals surface area contributed by atoms with E-state index in [1.54, 1.807) is 24.3 Å². The van der Waals surface area contributed by atoms with Gasteiger partial charge in [-0.3, -0.25) is 14.5 Å². The number of halogens is 3. The molecule has 2 N–H and O–H groups in total. The molecular formula is C23H20F3N4O4S+. The fourth-order valence-electron chi connectivity index (χ4n) is 4.56. The van der Waals surface area contributed by atoms with E-state index in [0.29, 0.717) is 29.9 Å². The summed E-state index contributed by atoms with van der Waals surface area (Å²) in [6.45, 7) is 2.29. The van der Waals surface area contributed by atoms with Crippen molar-refractivity contribution in [3.8, 4) is 11.4 Å². The van der Waals surface area contributed by atoms with E-state index in [1.807, 2.05) is 6.92 Å². The van der Waals surface area contributed by atoms with Crippen LogP contribution in [0.15, 0.2) is 74.7 Å². The molecule has 1 aliphatic carbocycles. The maximum Gasteiger partial charge on any atom is 0.439 e. The quantitative estimate of drug-likeness (QED) is 0.500. The summed E-state index contributed by atoms with van der Waals surface area (Å²) in [6, 6.07) is 8.50. The topological polar surface area (TPSA) is 112 Å². The van der Waals surface area contributed by atoms with Crippen molar-refractivity contribution in [1.29, 1.82) is 0 Å². The molecule has 8 nitrogen and oxygen atoms in total. The van der Waals surface area contributed by atoms with E-state index in [4.69, 9.17) is 0 Å². The van der Waals surface area contributed by atoms with Crippen LogP contribution in [-0.4, -0.2) is 30.5 Å². The van der Waals surface area contributed by atoms with E-state index >= 15 is 0 Å². The van der Waals surface area contributed by atoms with Crippen LogP contribution in [-0.2, 0) is 20.8 Å². The molecule has 35 heavy (non-hydrogen) atoms. The number of fused-ring (bicyclic) bond motifs is 1. The van der Waals surface area contributed by atoms with Gasteiger partial charge < -0.3 is 0 Å². The van der Waals surface area contributed by atoms with Crippen LogP contribution in [0.5, 0.6) is 0 Å². The second-order valence-corrected chi connectivity index (χ2v) is 10.3. The Bertz CT molecular complexity index is 1420. The van der Waals surface area contributed by atoms with Gasteiger partial charge >= 0.3 is 22.3 Å². The summed E-state index contributed by atoms with van der Waals surface area (Å²) in [7, 11) is -3.60. The average molecular weight is 505 g/mol. The van der Waals surface area contributed by atoms with Gasteiger partial charge in [-0.2, -0.15) is 22.0 Å². The van der Waals surface area contributed by atoms with E-state index in [0.717, 1.165) is 17.8 Å². The molecule has 1 aliphatic heterocycles. The van der Waals surface area contributed by atoms with Gasteiger partial charge in [-0.25, -0.2) is 4.79 Å². The zero-order valence-corrected chi connectivity index (χ0v) is 19.1. The predicted octanol–water partition coefficient (Wildman–Crippen LogP) is 4.63. The monoisotopic (exact) mass is 505 g/mol. The lowest BCUT2D eigenvalue weighted by molar-refractivity contribution is -0.137. The van der Waals surface area contributed by atoms with E-state index in [9.17, 15) is 26.7 Å². The van der Waals surface area contributed by atoms with Crippen molar-refractivity contribution in [2.24, 2.45) is 11.8 Å². The summed E-state index contributed by atoms with van der Waals surface area (Å²) in [5.74, 6) is -0.668. The molecule has 3 heterocycles. The van der Waals surface area contributed by atoms with Gasteiger partial charge in [-0.15, -0.1) is 0 Å². The molecule has 0 spiro atoms. The van der Waals surface area contributed by atoms with Crippen LogP contribution in [0.2, 0.25) is 0 Å². The first-order valence-electron chi connectivity index (χ1n) is 10.7. The molecule has 1 saturated heterocycles. The van der Waals surface area contributed by atoms with Crippen molar-refractivity contribution in [3.05, 3.63) is 82.3 Å². The second-order valence-electron chi connectivity index (χ2n) is 8.39. The van der Waals surface area contributed by atoms with Gasteiger partial charge in [0.2, 0.25) is 4.90 Å². The highest BCUT2D eigenvalue weighted by molar-refractivity contribution is 7.95. The van der Waals surface area contributed by atoms with Gasteiger partial charge in [0.15, 0.2) is 5.82 Å². The zero-order chi connectivity index (χ0) is 25.0. The molecule has 0 bridgehead atoms. The normalized spacial score (nSPS) is 21.8. The van der Waals surface area contributed by atoms with Crippen molar-refractivity contribution in [2.75, 3.05) is 6.54 Å². The summed E-state index contributed by atoms with van der Waals surface area (Å²) in [5, 5.41) is 3.60. The largest absolute Gasteiger partial charge is 0.439 e. The van der Waals surface area contributed by atoms with Gasteiger partial charge in [0, 0.05) is 17.7 Å². The third-order valence-electron chi connectivity index (χ3n) is 6.40. The van der Waals surface area contributed by atoms with Crippen molar-refractivity contribution in [1.82, 2.24) is 19.4 Å². The highest BCUT2D eigenvalue weighted by atomic mass is 32.3. The Labute approximate surface area is 198 Å². The Kier molecular flexibility index (Phi) is 5.52. The number of nitrogens with one attached hydrogen (secondary N) is 1. The summed E-state index contributed by atoms with van der Waals surface area (Å²) in [4.78, 5) is 17.8. The number of nitrogens with zero attached hydrogens (tertiary/aromatic N) is 3. The van der Waals surface area contributed by atoms with Crippen molar-refractivity contribution in [3.63, 3.8) is 0 Å². The molecule has 3 atom stereocenters. The number of aromatic amines is 1. The average Bonchev–Trinajstić information content (AvgIpc) is 3.46. The lowest BCUT2D eigenvalue weighted by Gasteiger charge is -2.28. The van der Waals surface area contributed by atoms with Crippen LogP contribution in [0.4, 0.5) is 13.2 Å². The minimum Gasteiger partial charge on any atom is -0.296 e. The zero-order valence-electron chi connectivity index (χ0n) is 18.3.